The van der Waals surface area contributed by atoms with Gasteiger partial charge in [-0.2, -0.15) is 12.6 Å². The first kappa shape index (κ1) is 21.0. The van der Waals surface area contributed by atoms with E-state index in [2.05, 4.69) is 28.3 Å². The second kappa shape index (κ2) is 10.7. The average molecular weight is 348 g/mol. The predicted octanol–water partition coefficient (Wildman–Crippen LogP) is -2.63. The molecule has 0 unspecified atom stereocenters. The van der Waals surface area contributed by atoms with Gasteiger partial charge in [-0.1, -0.05) is 0 Å². The van der Waals surface area contributed by atoms with Crippen molar-refractivity contribution >= 4 is 36.4 Å². The van der Waals surface area contributed by atoms with Gasteiger partial charge in [0.1, 0.15) is 12.1 Å². The highest BCUT2D eigenvalue weighted by molar-refractivity contribution is 7.80. The van der Waals surface area contributed by atoms with Crippen LogP contribution >= 0.6 is 12.6 Å². The van der Waals surface area contributed by atoms with E-state index in [4.69, 9.17) is 22.3 Å². The standard InChI is InChI=1S/C12H24N6O4S/c1-6(11(21)22)17-10(20)8(5-23)18-9(19)7(13)3-2-4-16-12(14)15/h6-8,23H,2-5,13H2,1H3,(H,17,20)(H,18,19)(H,21,22)(H4,14,15,16)/t6-,7-,8-/m0/s1. The van der Waals surface area contributed by atoms with E-state index in [-0.39, 0.29) is 11.7 Å². The van der Waals surface area contributed by atoms with E-state index in [1.165, 1.54) is 6.92 Å². The molecule has 3 atom stereocenters. The first-order valence-corrected chi connectivity index (χ1v) is 7.57. The minimum absolute atomic E-state index is 0.00460. The second-order valence-corrected chi connectivity index (χ2v) is 5.23. The first-order valence-electron chi connectivity index (χ1n) is 6.94. The number of nitrogens with two attached hydrogens (primary N) is 3. The van der Waals surface area contributed by atoms with Crippen LogP contribution in [0.3, 0.4) is 0 Å². The fraction of sp³-hybridized carbons (Fsp3) is 0.667. The molecule has 0 fully saturated rings. The van der Waals surface area contributed by atoms with E-state index in [9.17, 15) is 14.4 Å². The Hall–Kier alpha value is -2.01. The zero-order valence-electron chi connectivity index (χ0n) is 12.9. The van der Waals surface area contributed by atoms with Gasteiger partial charge < -0.3 is 32.9 Å². The van der Waals surface area contributed by atoms with Crippen LogP contribution in [-0.2, 0) is 14.4 Å². The van der Waals surface area contributed by atoms with E-state index >= 15 is 0 Å². The van der Waals surface area contributed by atoms with Crippen LogP contribution in [0.2, 0.25) is 0 Å². The van der Waals surface area contributed by atoms with Crippen molar-refractivity contribution < 1.29 is 19.5 Å². The minimum atomic E-state index is -1.18. The summed E-state index contributed by atoms with van der Waals surface area (Å²) in [7, 11) is 0. The quantitative estimate of drug-likeness (QED) is 0.0973. The van der Waals surface area contributed by atoms with Crippen molar-refractivity contribution in [1.82, 2.24) is 10.6 Å². The molecule has 0 spiro atoms. The Morgan fingerprint density at radius 3 is 2.30 bits per heavy atom. The van der Waals surface area contributed by atoms with Gasteiger partial charge in [-0.05, 0) is 19.8 Å². The summed E-state index contributed by atoms with van der Waals surface area (Å²) in [5.74, 6) is -2.39. The molecule has 9 N–H and O–H groups in total. The SMILES string of the molecule is C[C@H](NC(=O)[C@H](CS)NC(=O)[C@@H](N)CCCN=C(N)N)C(=O)O. The number of hydrogen-bond acceptors (Lipinski definition) is 6. The van der Waals surface area contributed by atoms with Gasteiger partial charge in [0, 0.05) is 12.3 Å². The number of carboxylic acids is 1. The molecule has 0 aromatic carbocycles. The van der Waals surface area contributed by atoms with Crippen molar-refractivity contribution in [2.24, 2.45) is 22.2 Å². The number of carboxylic acid groups (broad SMARTS) is 1. The number of amides is 2. The van der Waals surface area contributed by atoms with E-state index in [0.717, 1.165) is 0 Å². The van der Waals surface area contributed by atoms with Crippen LogP contribution in [0.5, 0.6) is 0 Å². The van der Waals surface area contributed by atoms with Crippen LogP contribution in [-0.4, -0.2) is 59.3 Å². The van der Waals surface area contributed by atoms with Gasteiger partial charge >= 0.3 is 5.97 Å². The van der Waals surface area contributed by atoms with Crippen LogP contribution in [0.4, 0.5) is 0 Å². The molecule has 0 aromatic rings. The first-order chi connectivity index (χ1) is 10.7. The molecule has 11 heteroatoms. The Balaban J connectivity index is 4.38. The third kappa shape index (κ3) is 8.88. The average Bonchev–Trinajstić information content (AvgIpc) is 2.47. The van der Waals surface area contributed by atoms with Gasteiger partial charge in [-0.3, -0.25) is 19.4 Å². The predicted molar refractivity (Wildman–Crippen MR) is 88.9 cm³/mol. The summed E-state index contributed by atoms with van der Waals surface area (Å²) in [6, 6.07) is -2.89. The molecule has 10 nitrogen and oxygen atoms in total. The highest BCUT2D eigenvalue weighted by Crippen LogP contribution is 1.98. The normalized spacial score (nSPS) is 14.2. The number of aliphatic carboxylic acids is 1. The fourth-order valence-electron chi connectivity index (χ4n) is 1.50. The van der Waals surface area contributed by atoms with Crippen molar-refractivity contribution in [3.63, 3.8) is 0 Å². The number of rotatable bonds is 10. The van der Waals surface area contributed by atoms with Crippen molar-refractivity contribution in [3.8, 4) is 0 Å². The molecular weight excluding hydrogens is 324 g/mol. The van der Waals surface area contributed by atoms with Gasteiger partial charge in [0.05, 0.1) is 6.04 Å². The summed E-state index contributed by atoms with van der Waals surface area (Å²) in [6.45, 7) is 1.66. The van der Waals surface area contributed by atoms with Crippen LogP contribution in [0, 0.1) is 0 Å². The number of nitrogens with one attached hydrogen (secondary N) is 2. The molecule has 0 saturated carbocycles. The summed E-state index contributed by atoms with van der Waals surface area (Å²) in [4.78, 5) is 38.2. The van der Waals surface area contributed by atoms with Crippen LogP contribution in [0.25, 0.3) is 0 Å². The fourth-order valence-corrected chi connectivity index (χ4v) is 1.76. The molecule has 0 aliphatic rings. The van der Waals surface area contributed by atoms with Crippen LogP contribution in [0.1, 0.15) is 19.8 Å². The Labute approximate surface area is 139 Å². The molecule has 2 amide bonds. The number of hydrogen-bond donors (Lipinski definition) is 7. The lowest BCUT2D eigenvalue weighted by Crippen LogP contribution is -2.54. The van der Waals surface area contributed by atoms with Crippen molar-refractivity contribution in [3.05, 3.63) is 0 Å². The van der Waals surface area contributed by atoms with Gasteiger partial charge in [0.15, 0.2) is 5.96 Å². The lowest BCUT2D eigenvalue weighted by Gasteiger charge is -2.20. The van der Waals surface area contributed by atoms with Gasteiger partial charge in [-0.15, -0.1) is 0 Å². The van der Waals surface area contributed by atoms with Crippen LogP contribution < -0.4 is 27.8 Å². The maximum absolute atomic E-state index is 11.9. The largest absolute Gasteiger partial charge is 0.480 e. The Morgan fingerprint density at radius 2 is 1.83 bits per heavy atom. The summed E-state index contributed by atoms with van der Waals surface area (Å²) in [5.41, 5.74) is 16.1. The molecule has 0 radical (unpaired) electrons. The lowest BCUT2D eigenvalue weighted by atomic mass is 10.1. The molecule has 0 aliphatic carbocycles. The third-order valence-electron chi connectivity index (χ3n) is 2.85. The molecule has 0 heterocycles. The number of guanidine groups is 1. The molecule has 23 heavy (non-hydrogen) atoms. The van der Waals surface area contributed by atoms with E-state index < -0.39 is 35.9 Å². The minimum Gasteiger partial charge on any atom is -0.480 e. The molecule has 0 rings (SSSR count). The van der Waals surface area contributed by atoms with E-state index in [0.29, 0.717) is 19.4 Å². The van der Waals surface area contributed by atoms with E-state index in [1.807, 2.05) is 0 Å². The summed E-state index contributed by atoms with van der Waals surface area (Å²) in [6.07, 6.45) is 0.829. The van der Waals surface area contributed by atoms with Crippen molar-refractivity contribution in [2.75, 3.05) is 12.3 Å². The molecule has 0 saturated heterocycles. The number of carbonyl (C=O) groups is 3. The highest BCUT2D eigenvalue weighted by atomic mass is 32.1. The van der Waals surface area contributed by atoms with Gasteiger partial charge in [0.25, 0.3) is 0 Å². The maximum Gasteiger partial charge on any atom is 0.325 e. The molecule has 132 valence electrons. The second-order valence-electron chi connectivity index (χ2n) is 4.87. The topological polar surface area (TPSA) is 186 Å². The van der Waals surface area contributed by atoms with Crippen molar-refractivity contribution in [2.45, 2.75) is 37.9 Å². The lowest BCUT2D eigenvalue weighted by molar-refractivity contribution is -0.141. The molecular formula is C12H24N6O4S. The Bertz CT molecular complexity index is 455. The highest BCUT2D eigenvalue weighted by Gasteiger charge is 2.24. The number of aliphatic imine (C=N–C) groups is 1. The van der Waals surface area contributed by atoms with E-state index in [1.54, 1.807) is 0 Å². The monoisotopic (exact) mass is 348 g/mol. The molecule has 0 aliphatic heterocycles. The summed E-state index contributed by atoms with van der Waals surface area (Å²) < 4.78 is 0. The van der Waals surface area contributed by atoms with Gasteiger partial charge in [0.2, 0.25) is 11.8 Å². The van der Waals surface area contributed by atoms with Crippen molar-refractivity contribution in [1.29, 1.82) is 0 Å². The zero-order chi connectivity index (χ0) is 18.0. The number of thiol groups is 1. The summed E-state index contributed by atoms with van der Waals surface area (Å²) in [5, 5.41) is 13.4. The molecule has 0 bridgehead atoms. The smallest absolute Gasteiger partial charge is 0.325 e. The van der Waals surface area contributed by atoms with Crippen LogP contribution in [0.15, 0.2) is 4.99 Å². The number of nitrogens with zero attached hydrogens (tertiary/aromatic N) is 1. The number of carbonyl (C=O) groups excluding carboxylic acids is 2. The maximum atomic E-state index is 11.9. The van der Waals surface area contributed by atoms with Gasteiger partial charge in [-0.25, -0.2) is 0 Å². The Morgan fingerprint density at radius 1 is 1.22 bits per heavy atom. The third-order valence-corrected chi connectivity index (χ3v) is 3.21. The zero-order valence-corrected chi connectivity index (χ0v) is 13.8. The molecule has 0 aromatic heterocycles. The summed E-state index contributed by atoms with van der Waals surface area (Å²) >= 11 is 3.97. The Kier molecular flexibility index (Phi) is 9.74.